The van der Waals surface area contributed by atoms with E-state index in [0.717, 1.165) is 13.0 Å². The number of hydrogen-bond acceptors (Lipinski definition) is 4. The minimum absolute atomic E-state index is 0.599. The van der Waals surface area contributed by atoms with Crippen molar-refractivity contribution in [2.75, 3.05) is 18.5 Å². The molecule has 0 unspecified atom stereocenters. The zero-order valence-corrected chi connectivity index (χ0v) is 6.16. The lowest BCUT2D eigenvalue weighted by Gasteiger charge is -2.10. The SMILES string of the molecule is CCCN(C)c1[c]nno1. The monoisotopic (exact) mass is 140 g/mol. The van der Waals surface area contributed by atoms with Gasteiger partial charge in [0, 0.05) is 18.9 Å². The van der Waals surface area contributed by atoms with Gasteiger partial charge in [0.1, 0.15) is 0 Å². The highest BCUT2D eigenvalue weighted by molar-refractivity contribution is 5.26. The van der Waals surface area contributed by atoms with Gasteiger partial charge in [-0.15, -0.1) is 5.10 Å². The van der Waals surface area contributed by atoms with E-state index in [-0.39, 0.29) is 0 Å². The molecule has 1 heterocycles. The van der Waals surface area contributed by atoms with Crippen LogP contribution in [0.2, 0.25) is 0 Å². The van der Waals surface area contributed by atoms with E-state index in [9.17, 15) is 0 Å². The van der Waals surface area contributed by atoms with Crippen molar-refractivity contribution < 1.29 is 4.52 Å². The maximum absolute atomic E-state index is 4.76. The minimum Gasteiger partial charge on any atom is -0.342 e. The lowest BCUT2D eigenvalue weighted by molar-refractivity contribution is 0.394. The second-order valence-corrected chi connectivity index (χ2v) is 2.11. The Bertz CT molecular complexity index is 173. The maximum Gasteiger partial charge on any atom is 0.257 e. The highest BCUT2D eigenvalue weighted by atomic mass is 16.5. The van der Waals surface area contributed by atoms with Crippen LogP contribution in [0.5, 0.6) is 0 Å². The van der Waals surface area contributed by atoms with Gasteiger partial charge in [0.15, 0.2) is 6.20 Å². The van der Waals surface area contributed by atoms with Crippen molar-refractivity contribution in [3.63, 3.8) is 0 Å². The van der Waals surface area contributed by atoms with E-state index in [1.54, 1.807) is 0 Å². The predicted octanol–water partition coefficient (Wildman–Crippen LogP) is 0.716. The highest BCUT2D eigenvalue weighted by Crippen LogP contribution is 2.06. The molecule has 0 aliphatic heterocycles. The van der Waals surface area contributed by atoms with Gasteiger partial charge in [-0.25, -0.2) is 0 Å². The molecular weight excluding hydrogens is 130 g/mol. The summed E-state index contributed by atoms with van der Waals surface area (Å²) in [7, 11) is 1.92. The fourth-order valence-corrected chi connectivity index (χ4v) is 0.735. The molecule has 0 fully saturated rings. The van der Waals surface area contributed by atoms with Crippen LogP contribution in [0.25, 0.3) is 0 Å². The quantitative estimate of drug-likeness (QED) is 0.620. The number of aromatic nitrogens is 2. The topological polar surface area (TPSA) is 42.2 Å². The van der Waals surface area contributed by atoms with Gasteiger partial charge in [-0.3, -0.25) is 0 Å². The molecule has 1 rings (SSSR count). The summed E-state index contributed by atoms with van der Waals surface area (Å²) in [6, 6.07) is 0. The van der Waals surface area contributed by atoms with Crippen molar-refractivity contribution >= 4 is 5.88 Å². The van der Waals surface area contributed by atoms with Gasteiger partial charge in [-0.2, -0.15) is 0 Å². The average molecular weight is 140 g/mol. The van der Waals surface area contributed by atoms with Crippen molar-refractivity contribution in [3.05, 3.63) is 6.20 Å². The zero-order valence-electron chi connectivity index (χ0n) is 6.16. The lowest BCUT2D eigenvalue weighted by Crippen LogP contribution is -2.16. The van der Waals surface area contributed by atoms with Crippen molar-refractivity contribution in [1.82, 2.24) is 10.4 Å². The van der Waals surface area contributed by atoms with Gasteiger partial charge in [0.25, 0.3) is 5.88 Å². The molecule has 10 heavy (non-hydrogen) atoms. The maximum atomic E-state index is 4.76. The second-order valence-electron chi connectivity index (χ2n) is 2.11. The number of nitrogens with zero attached hydrogens (tertiary/aromatic N) is 3. The fraction of sp³-hybridized carbons (Fsp3) is 0.667. The number of hydrogen-bond donors (Lipinski definition) is 0. The molecule has 55 valence electrons. The van der Waals surface area contributed by atoms with Crippen molar-refractivity contribution in [3.8, 4) is 0 Å². The Labute approximate surface area is 59.8 Å². The van der Waals surface area contributed by atoms with Crippen molar-refractivity contribution in [1.29, 1.82) is 0 Å². The van der Waals surface area contributed by atoms with Crippen LogP contribution in [0.3, 0.4) is 0 Å². The molecule has 1 aromatic heterocycles. The van der Waals surface area contributed by atoms with Crippen molar-refractivity contribution in [2.24, 2.45) is 0 Å². The largest absolute Gasteiger partial charge is 0.342 e. The molecule has 1 radical (unpaired) electrons. The summed E-state index contributed by atoms with van der Waals surface area (Å²) in [5.74, 6) is 0.599. The van der Waals surface area contributed by atoms with E-state index in [4.69, 9.17) is 4.52 Å². The molecule has 0 bridgehead atoms. The van der Waals surface area contributed by atoms with Crippen LogP contribution < -0.4 is 4.90 Å². The predicted molar refractivity (Wildman–Crippen MR) is 36.7 cm³/mol. The first-order valence-corrected chi connectivity index (χ1v) is 3.25. The molecule has 0 saturated carbocycles. The number of rotatable bonds is 3. The van der Waals surface area contributed by atoms with Gasteiger partial charge < -0.3 is 9.42 Å². The van der Waals surface area contributed by atoms with Crippen LogP contribution in [0.15, 0.2) is 4.52 Å². The van der Waals surface area contributed by atoms with E-state index >= 15 is 0 Å². The van der Waals surface area contributed by atoms with Gasteiger partial charge in [0.05, 0.1) is 0 Å². The summed E-state index contributed by atoms with van der Waals surface area (Å²) in [6.07, 6.45) is 3.69. The summed E-state index contributed by atoms with van der Waals surface area (Å²) in [5.41, 5.74) is 0. The van der Waals surface area contributed by atoms with Crippen LogP contribution >= 0.6 is 0 Å². The lowest BCUT2D eigenvalue weighted by atomic mass is 10.4. The summed E-state index contributed by atoms with van der Waals surface area (Å²) in [6.45, 7) is 3.04. The fourth-order valence-electron chi connectivity index (χ4n) is 0.735. The van der Waals surface area contributed by atoms with Crippen LogP contribution in [0, 0.1) is 6.20 Å². The van der Waals surface area contributed by atoms with Crippen LogP contribution in [0.4, 0.5) is 5.88 Å². The molecule has 0 spiro atoms. The Morgan fingerprint density at radius 2 is 2.50 bits per heavy atom. The molecule has 1 aromatic rings. The molecule has 0 aliphatic rings. The van der Waals surface area contributed by atoms with E-state index in [1.807, 2.05) is 11.9 Å². The molecule has 0 atom stereocenters. The van der Waals surface area contributed by atoms with Crippen LogP contribution in [0.1, 0.15) is 13.3 Å². The van der Waals surface area contributed by atoms with Gasteiger partial charge in [-0.05, 0) is 6.42 Å². The standard InChI is InChI=1S/C6H10N3O/c1-3-4-9(2)6-5-7-8-10-6/h3-4H2,1-2H3. The third-order valence-corrected chi connectivity index (χ3v) is 1.22. The summed E-state index contributed by atoms with van der Waals surface area (Å²) in [5, 5.41) is 6.75. The first-order chi connectivity index (χ1) is 4.84. The Hall–Kier alpha value is -1.06. The Morgan fingerprint density at radius 1 is 1.70 bits per heavy atom. The molecule has 0 saturated heterocycles. The molecular formula is C6H10N3O. The minimum atomic E-state index is 0.599. The van der Waals surface area contributed by atoms with Crippen molar-refractivity contribution in [2.45, 2.75) is 13.3 Å². The second kappa shape index (κ2) is 3.20. The van der Waals surface area contributed by atoms with E-state index in [0.29, 0.717) is 5.88 Å². The Kier molecular flexibility index (Phi) is 2.25. The molecule has 0 aromatic carbocycles. The molecule has 0 aliphatic carbocycles. The van der Waals surface area contributed by atoms with Gasteiger partial charge >= 0.3 is 0 Å². The molecule has 0 amide bonds. The summed E-state index contributed by atoms with van der Waals surface area (Å²) < 4.78 is 4.76. The van der Waals surface area contributed by atoms with E-state index in [1.165, 1.54) is 0 Å². The highest BCUT2D eigenvalue weighted by Gasteiger charge is 2.02. The Balaban J connectivity index is 2.50. The van der Waals surface area contributed by atoms with E-state index < -0.39 is 0 Å². The number of anilines is 1. The molecule has 0 N–H and O–H groups in total. The van der Waals surface area contributed by atoms with E-state index in [2.05, 4.69) is 23.5 Å². The van der Waals surface area contributed by atoms with Crippen LogP contribution in [-0.4, -0.2) is 24.0 Å². The summed E-state index contributed by atoms with van der Waals surface area (Å²) in [4.78, 5) is 1.92. The summed E-state index contributed by atoms with van der Waals surface area (Å²) >= 11 is 0. The zero-order chi connectivity index (χ0) is 7.40. The van der Waals surface area contributed by atoms with Crippen LogP contribution in [-0.2, 0) is 0 Å². The normalized spacial score (nSPS) is 9.80. The third kappa shape index (κ3) is 1.46. The first-order valence-electron chi connectivity index (χ1n) is 3.25. The Morgan fingerprint density at radius 3 is 3.00 bits per heavy atom. The van der Waals surface area contributed by atoms with Gasteiger partial charge in [0.2, 0.25) is 0 Å². The molecule has 4 nitrogen and oxygen atoms in total. The third-order valence-electron chi connectivity index (χ3n) is 1.22. The smallest absolute Gasteiger partial charge is 0.257 e. The molecule has 4 heteroatoms. The van der Waals surface area contributed by atoms with Gasteiger partial charge in [-0.1, -0.05) is 6.92 Å². The first kappa shape index (κ1) is 7.05. The average Bonchev–Trinajstić information content (AvgIpc) is 2.38.